The molecule has 1 aromatic carbocycles. The van der Waals surface area contributed by atoms with E-state index in [1.807, 2.05) is 25.1 Å². The standard InChI is InChI=1S/C13H20ClNO/c1-4-5-9(2)16-13-7-6-11(14)8-12(13)10(3)15/h6-10H,4-5,15H2,1-3H3. The molecule has 0 saturated heterocycles. The Bertz CT molecular complexity index is 339. The maximum atomic E-state index is 5.95. The Morgan fingerprint density at radius 2 is 2.06 bits per heavy atom. The summed E-state index contributed by atoms with van der Waals surface area (Å²) in [5, 5.41) is 0.697. The fraction of sp³-hybridized carbons (Fsp3) is 0.538. The van der Waals surface area contributed by atoms with Crippen molar-refractivity contribution in [1.29, 1.82) is 0 Å². The first-order valence-corrected chi connectivity index (χ1v) is 6.14. The smallest absolute Gasteiger partial charge is 0.124 e. The monoisotopic (exact) mass is 241 g/mol. The second-order valence-electron chi connectivity index (χ2n) is 4.19. The van der Waals surface area contributed by atoms with Crippen LogP contribution >= 0.6 is 11.6 Å². The molecule has 0 bridgehead atoms. The summed E-state index contributed by atoms with van der Waals surface area (Å²) in [6.45, 7) is 6.15. The molecule has 0 spiro atoms. The van der Waals surface area contributed by atoms with Crippen molar-refractivity contribution in [2.75, 3.05) is 0 Å². The van der Waals surface area contributed by atoms with Crippen molar-refractivity contribution in [3.8, 4) is 5.75 Å². The molecule has 0 amide bonds. The average molecular weight is 242 g/mol. The normalized spacial score (nSPS) is 14.6. The lowest BCUT2D eigenvalue weighted by molar-refractivity contribution is 0.207. The van der Waals surface area contributed by atoms with Gasteiger partial charge in [-0.05, 0) is 38.5 Å². The van der Waals surface area contributed by atoms with Crippen LogP contribution in [0.5, 0.6) is 5.75 Å². The number of benzene rings is 1. The first-order chi connectivity index (χ1) is 7.54. The molecule has 0 radical (unpaired) electrons. The second kappa shape index (κ2) is 6.12. The SMILES string of the molecule is CCCC(C)Oc1ccc(Cl)cc1C(C)N. The third-order valence-electron chi connectivity index (χ3n) is 2.49. The molecule has 90 valence electrons. The van der Waals surface area contributed by atoms with Crippen molar-refractivity contribution in [2.45, 2.75) is 45.8 Å². The molecule has 1 aromatic rings. The Labute approximate surface area is 103 Å². The van der Waals surface area contributed by atoms with Crippen LogP contribution in [0, 0.1) is 0 Å². The lowest BCUT2D eigenvalue weighted by Crippen LogP contribution is -2.14. The van der Waals surface area contributed by atoms with Gasteiger partial charge in [-0.2, -0.15) is 0 Å². The maximum absolute atomic E-state index is 5.95. The quantitative estimate of drug-likeness (QED) is 0.848. The Morgan fingerprint density at radius 3 is 2.62 bits per heavy atom. The van der Waals surface area contributed by atoms with E-state index in [-0.39, 0.29) is 12.1 Å². The highest BCUT2D eigenvalue weighted by Crippen LogP contribution is 2.28. The molecule has 0 aromatic heterocycles. The van der Waals surface area contributed by atoms with E-state index in [0.717, 1.165) is 24.2 Å². The molecule has 0 aliphatic carbocycles. The zero-order valence-electron chi connectivity index (χ0n) is 10.2. The van der Waals surface area contributed by atoms with Crippen LogP contribution in [0.25, 0.3) is 0 Å². The van der Waals surface area contributed by atoms with Crippen LogP contribution in [0.15, 0.2) is 18.2 Å². The van der Waals surface area contributed by atoms with Gasteiger partial charge < -0.3 is 10.5 Å². The van der Waals surface area contributed by atoms with Gasteiger partial charge in [-0.15, -0.1) is 0 Å². The lowest BCUT2D eigenvalue weighted by Gasteiger charge is -2.18. The highest BCUT2D eigenvalue weighted by molar-refractivity contribution is 6.30. The third-order valence-corrected chi connectivity index (χ3v) is 2.72. The minimum atomic E-state index is -0.0671. The van der Waals surface area contributed by atoms with Crippen LogP contribution in [-0.2, 0) is 0 Å². The van der Waals surface area contributed by atoms with Crippen molar-refractivity contribution in [1.82, 2.24) is 0 Å². The maximum Gasteiger partial charge on any atom is 0.124 e. The number of halogens is 1. The van der Waals surface area contributed by atoms with Crippen LogP contribution in [-0.4, -0.2) is 6.10 Å². The highest BCUT2D eigenvalue weighted by atomic mass is 35.5. The molecule has 2 nitrogen and oxygen atoms in total. The molecule has 1 rings (SSSR count). The molecule has 2 unspecified atom stereocenters. The summed E-state index contributed by atoms with van der Waals surface area (Å²) in [5.41, 5.74) is 6.86. The molecular formula is C13H20ClNO. The van der Waals surface area contributed by atoms with E-state index in [1.165, 1.54) is 0 Å². The molecule has 0 aliphatic rings. The van der Waals surface area contributed by atoms with Gasteiger partial charge in [0.05, 0.1) is 6.10 Å². The van der Waals surface area contributed by atoms with Crippen LogP contribution in [0.3, 0.4) is 0 Å². The first-order valence-electron chi connectivity index (χ1n) is 5.76. The van der Waals surface area contributed by atoms with Crippen molar-refractivity contribution in [3.05, 3.63) is 28.8 Å². The Kier molecular flexibility index (Phi) is 5.10. The van der Waals surface area contributed by atoms with Crippen molar-refractivity contribution in [2.24, 2.45) is 5.73 Å². The van der Waals surface area contributed by atoms with Crippen LogP contribution in [0.2, 0.25) is 5.02 Å². The van der Waals surface area contributed by atoms with Gasteiger partial charge in [-0.25, -0.2) is 0 Å². The van der Waals surface area contributed by atoms with Gasteiger partial charge in [0.2, 0.25) is 0 Å². The highest BCUT2D eigenvalue weighted by Gasteiger charge is 2.11. The zero-order valence-corrected chi connectivity index (χ0v) is 10.9. The van der Waals surface area contributed by atoms with E-state index in [9.17, 15) is 0 Å². The molecule has 0 aliphatic heterocycles. The summed E-state index contributed by atoms with van der Waals surface area (Å²) in [5.74, 6) is 0.848. The molecule has 16 heavy (non-hydrogen) atoms. The summed E-state index contributed by atoms with van der Waals surface area (Å²) >= 11 is 5.95. The third kappa shape index (κ3) is 3.69. The predicted octanol–water partition coefficient (Wildman–Crippen LogP) is 3.93. The van der Waals surface area contributed by atoms with Gasteiger partial charge in [0.15, 0.2) is 0 Å². The van der Waals surface area contributed by atoms with Gasteiger partial charge in [-0.1, -0.05) is 24.9 Å². The van der Waals surface area contributed by atoms with E-state index >= 15 is 0 Å². The summed E-state index contributed by atoms with van der Waals surface area (Å²) in [4.78, 5) is 0. The van der Waals surface area contributed by atoms with Gasteiger partial charge in [0.1, 0.15) is 5.75 Å². The summed E-state index contributed by atoms with van der Waals surface area (Å²) < 4.78 is 5.86. The molecule has 2 N–H and O–H groups in total. The molecule has 2 atom stereocenters. The van der Waals surface area contributed by atoms with Crippen molar-refractivity contribution < 1.29 is 4.74 Å². The zero-order chi connectivity index (χ0) is 12.1. The van der Waals surface area contributed by atoms with Gasteiger partial charge in [-0.3, -0.25) is 0 Å². The molecular weight excluding hydrogens is 222 g/mol. The predicted molar refractivity (Wildman–Crippen MR) is 69.1 cm³/mol. The van der Waals surface area contributed by atoms with Crippen LogP contribution in [0.4, 0.5) is 0 Å². The van der Waals surface area contributed by atoms with Crippen LogP contribution in [0.1, 0.15) is 45.2 Å². The van der Waals surface area contributed by atoms with E-state index in [4.69, 9.17) is 22.1 Å². The van der Waals surface area contributed by atoms with Gasteiger partial charge in [0, 0.05) is 16.6 Å². The summed E-state index contributed by atoms with van der Waals surface area (Å²) in [7, 11) is 0. The molecule has 0 saturated carbocycles. The van der Waals surface area contributed by atoms with Crippen LogP contribution < -0.4 is 10.5 Å². The van der Waals surface area contributed by atoms with Gasteiger partial charge >= 0.3 is 0 Å². The average Bonchev–Trinajstić information content (AvgIpc) is 2.20. The number of ether oxygens (including phenoxy) is 1. The lowest BCUT2D eigenvalue weighted by atomic mass is 10.1. The summed E-state index contributed by atoms with van der Waals surface area (Å²) in [6.07, 6.45) is 2.37. The topological polar surface area (TPSA) is 35.2 Å². The number of rotatable bonds is 5. The Hall–Kier alpha value is -0.730. The van der Waals surface area contributed by atoms with E-state index < -0.39 is 0 Å². The number of nitrogens with two attached hydrogens (primary N) is 1. The first kappa shape index (κ1) is 13.3. The van der Waals surface area contributed by atoms with E-state index in [2.05, 4.69) is 13.8 Å². The summed E-state index contributed by atoms with van der Waals surface area (Å²) in [6, 6.07) is 5.54. The Morgan fingerprint density at radius 1 is 1.38 bits per heavy atom. The Balaban J connectivity index is 2.86. The second-order valence-corrected chi connectivity index (χ2v) is 4.62. The number of hydrogen-bond donors (Lipinski definition) is 1. The van der Waals surface area contributed by atoms with E-state index in [0.29, 0.717) is 5.02 Å². The van der Waals surface area contributed by atoms with Crippen molar-refractivity contribution >= 4 is 11.6 Å². The molecule has 0 heterocycles. The number of hydrogen-bond acceptors (Lipinski definition) is 2. The minimum absolute atomic E-state index is 0.0671. The fourth-order valence-electron chi connectivity index (χ4n) is 1.66. The fourth-order valence-corrected chi connectivity index (χ4v) is 1.85. The van der Waals surface area contributed by atoms with E-state index in [1.54, 1.807) is 0 Å². The van der Waals surface area contributed by atoms with Gasteiger partial charge in [0.25, 0.3) is 0 Å². The minimum Gasteiger partial charge on any atom is -0.490 e. The van der Waals surface area contributed by atoms with Crippen molar-refractivity contribution in [3.63, 3.8) is 0 Å². The molecule has 3 heteroatoms. The molecule has 0 fully saturated rings. The largest absolute Gasteiger partial charge is 0.490 e.